The summed E-state index contributed by atoms with van der Waals surface area (Å²) < 4.78 is 25.0. The van der Waals surface area contributed by atoms with Crippen LogP contribution in [0, 0.1) is 5.82 Å². The van der Waals surface area contributed by atoms with E-state index in [1.807, 2.05) is 0 Å². The molecule has 1 unspecified atom stereocenters. The Labute approximate surface area is 213 Å². The molecule has 1 amide bonds. The number of nitrogens with zero attached hydrogens (tertiary/aromatic N) is 3. The molecule has 0 aliphatic carbocycles. The summed E-state index contributed by atoms with van der Waals surface area (Å²) in [6.07, 6.45) is 3.04. The maximum absolute atomic E-state index is 14.0. The van der Waals surface area contributed by atoms with Crippen LogP contribution in [-0.2, 0) is 9.59 Å². The molecule has 0 spiro atoms. The van der Waals surface area contributed by atoms with Crippen LogP contribution >= 0.6 is 22.9 Å². The van der Waals surface area contributed by atoms with Crippen LogP contribution in [0.2, 0.25) is 5.02 Å². The molecule has 3 heterocycles. The Bertz CT molecular complexity index is 1520. The molecule has 2 aromatic carbocycles. The Morgan fingerprint density at radius 1 is 1.14 bits per heavy atom. The van der Waals surface area contributed by atoms with E-state index in [2.05, 4.69) is 9.97 Å². The third-order valence-corrected chi connectivity index (χ3v) is 7.03. The van der Waals surface area contributed by atoms with Crippen molar-refractivity contribution in [2.75, 3.05) is 19.1 Å². The molecule has 0 saturated carbocycles. The number of hydrogen-bond acceptors (Lipinski definition) is 8. The fourth-order valence-corrected chi connectivity index (χ4v) is 5.19. The highest BCUT2D eigenvalue weighted by molar-refractivity contribution is 7.22. The fourth-order valence-electron chi connectivity index (χ4n) is 4.04. The zero-order valence-electron chi connectivity index (χ0n) is 18.9. The van der Waals surface area contributed by atoms with Gasteiger partial charge in [0, 0.05) is 18.0 Å². The summed E-state index contributed by atoms with van der Waals surface area (Å²) in [4.78, 5) is 36.3. The smallest absolute Gasteiger partial charge is 0.301 e. The van der Waals surface area contributed by atoms with Gasteiger partial charge >= 0.3 is 5.91 Å². The van der Waals surface area contributed by atoms with Crippen molar-refractivity contribution in [2.45, 2.75) is 6.04 Å². The molecule has 1 atom stereocenters. The average molecular weight is 526 g/mol. The van der Waals surface area contributed by atoms with E-state index >= 15 is 0 Å². The van der Waals surface area contributed by atoms with Gasteiger partial charge in [-0.15, -0.1) is 0 Å². The van der Waals surface area contributed by atoms with Gasteiger partial charge < -0.3 is 14.6 Å². The van der Waals surface area contributed by atoms with E-state index < -0.39 is 29.3 Å². The van der Waals surface area contributed by atoms with Crippen LogP contribution in [0.25, 0.3) is 16.0 Å². The van der Waals surface area contributed by atoms with Crippen LogP contribution in [-0.4, -0.2) is 41.0 Å². The number of aliphatic hydroxyl groups is 1. The number of ketones is 1. The number of amides is 1. The molecule has 11 heteroatoms. The molecule has 5 rings (SSSR count). The van der Waals surface area contributed by atoms with E-state index in [4.69, 9.17) is 21.1 Å². The molecule has 1 fully saturated rings. The predicted molar refractivity (Wildman–Crippen MR) is 133 cm³/mol. The summed E-state index contributed by atoms with van der Waals surface area (Å²) in [5.74, 6) is -2.06. The van der Waals surface area contributed by atoms with Gasteiger partial charge in [-0.2, -0.15) is 0 Å². The maximum atomic E-state index is 14.0. The summed E-state index contributed by atoms with van der Waals surface area (Å²) in [7, 11) is 2.92. The first-order valence-corrected chi connectivity index (χ1v) is 11.7. The van der Waals surface area contributed by atoms with E-state index in [1.165, 1.54) is 43.5 Å². The van der Waals surface area contributed by atoms with Gasteiger partial charge in [0.25, 0.3) is 5.78 Å². The molecule has 1 aliphatic rings. The third-order valence-electron chi connectivity index (χ3n) is 5.73. The molecule has 8 nitrogen and oxygen atoms in total. The zero-order valence-corrected chi connectivity index (χ0v) is 20.4. The van der Waals surface area contributed by atoms with Crippen LogP contribution in [0.5, 0.6) is 11.5 Å². The van der Waals surface area contributed by atoms with Crippen LogP contribution in [0.1, 0.15) is 17.2 Å². The van der Waals surface area contributed by atoms with E-state index in [1.54, 1.807) is 30.5 Å². The number of carbonyl (C=O) groups is 2. The van der Waals surface area contributed by atoms with Gasteiger partial charge in [0.2, 0.25) is 0 Å². The molecule has 0 bridgehead atoms. The number of anilines is 1. The Kier molecular flexibility index (Phi) is 6.07. The molecule has 1 aliphatic heterocycles. The Morgan fingerprint density at radius 2 is 1.92 bits per heavy atom. The number of hydrogen-bond donors (Lipinski definition) is 1. The first kappa shape index (κ1) is 23.7. The van der Waals surface area contributed by atoms with Gasteiger partial charge in [-0.05, 0) is 42.0 Å². The van der Waals surface area contributed by atoms with Crippen LogP contribution < -0.4 is 14.4 Å². The lowest BCUT2D eigenvalue weighted by atomic mass is 9.96. The standard InChI is InChI=1S/C25H17ClFN3O5S/c1-34-17-6-5-12(8-18(17)35-2)22(31)20-21(13-4-3-7-28-11-13)30(24(33)23(20)32)25-29-16-9-14(26)15(27)10-19(16)36-25/h3-11,21,31H,1-2H3/b22-20+. The lowest BCUT2D eigenvalue weighted by Crippen LogP contribution is -2.29. The van der Waals surface area contributed by atoms with Crippen molar-refractivity contribution in [2.24, 2.45) is 0 Å². The highest BCUT2D eigenvalue weighted by Gasteiger charge is 2.48. The van der Waals surface area contributed by atoms with Crippen molar-refractivity contribution in [1.82, 2.24) is 9.97 Å². The van der Waals surface area contributed by atoms with Gasteiger partial charge in [0.05, 0.1) is 41.1 Å². The summed E-state index contributed by atoms with van der Waals surface area (Å²) in [5, 5.41) is 11.3. The second-order valence-electron chi connectivity index (χ2n) is 7.76. The monoisotopic (exact) mass is 525 g/mol. The molecule has 4 aromatic rings. The third kappa shape index (κ3) is 3.84. The van der Waals surface area contributed by atoms with Crippen LogP contribution in [0.15, 0.2) is 60.4 Å². The largest absolute Gasteiger partial charge is 0.507 e. The molecule has 182 valence electrons. The van der Waals surface area contributed by atoms with E-state index in [0.29, 0.717) is 27.3 Å². The topological polar surface area (TPSA) is 102 Å². The highest BCUT2D eigenvalue weighted by atomic mass is 35.5. The second kappa shape index (κ2) is 9.21. The van der Waals surface area contributed by atoms with Crippen LogP contribution in [0.4, 0.5) is 9.52 Å². The molecule has 36 heavy (non-hydrogen) atoms. The normalized spacial score (nSPS) is 17.1. The second-order valence-corrected chi connectivity index (χ2v) is 9.17. The summed E-state index contributed by atoms with van der Waals surface area (Å²) in [5.41, 5.74) is 0.941. The van der Waals surface area contributed by atoms with Gasteiger partial charge in [-0.3, -0.25) is 19.5 Å². The number of pyridine rings is 1. The molecule has 2 aromatic heterocycles. The lowest BCUT2D eigenvalue weighted by Gasteiger charge is -2.22. The Hall–Kier alpha value is -4.02. The maximum Gasteiger partial charge on any atom is 0.301 e. The molecular weight excluding hydrogens is 509 g/mol. The van der Waals surface area contributed by atoms with Gasteiger partial charge in [0.15, 0.2) is 16.6 Å². The number of aromatic nitrogens is 2. The van der Waals surface area contributed by atoms with Crippen molar-refractivity contribution >= 4 is 55.7 Å². The van der Waals surface area contributed by atoms with Crippen molar-refractivity contribution < 1.29 is 28.6 Å². The van der Waals surface area contributed by atoms with E-state index in [-0.39, 0.29) is 21.3 Å². The SMILES string of the molecule is COc1ccc(/C(O)=C2\C(=O)C(=O)N(c3nc4cc(Cl)c(F)cc4s3)C2c2cccnc2)cc1OC. The number of thiazole rings is 1. The van der Waals surface area contributed by atoms with Crippen molar-refractivity contribution in [3.8, 4) is 11.5 Å². The molecule has 1 N–H and O–H groups in total. The number of carbonyl (C=O) groups excluding carboxylic acids is 2. The van der Waals surface area contributed by atoms with E-state index in [0.717, 1.165) is 11.3 Å². The lowest BCUT2D eigenvalue weighted by molar-refractivity contribution is -0.132. The zero-order chi connectivity index (χ0) is 25.6. The number of Topliss-reactive ketones (excluding diaryl/α,β-unsaturated/α-hetero) is 1. The minimum atomic E-state index is -1.03. The minimum Gasteiger partial charge on any atom is -0.507 e. The van der Waals surface area contributed by atoms with Gasteiger partial charge in [-0.25, -0.2) is 9.37 Å². The average Bonchev–Trinajstić information content (AvgIpc) is 3.41. The number of halogens is 2. The number of ether oxygens (including phenoxy) is 2. The summed E-state index contributed by atoms with van der Waals surface area (Å²) in [6, 6.07) is 9.50. The number of aliphatic hydroxyl groups excluding tert-OH is 1. The fraction of sp³-hybridized carbons (Fsp3) is 0.120. The first-order chi connectivity index (χ1) is 17.3. The highest BCUT2D eigenvalue weighted by Crippen LogP contribution is 2.45. The number of methoxy groups -OCH3 is 2. The van der Waals surface area contributed by atoms with Gasteiger partial charge in [0.1, 0.15) is 11.6 Å². The van der Waals surface area contributed by atoms with Crippen LogP contribution in [0.3, 0.4) is 0 Å². The number of rotatable bonds is 5. The summed E-state index contributed by atoms with van der Waals surface area (Å²) >= 11 is 6.92. The van der Waals surface area contributed by atoms with E-state index in [9.17, 15) is 19.1 Å². The number of fused-ring (bicyclic) bond motifs is 1. The van der Waals surface area contributed by atoms with Crippen molar-refractivity contribution in [3.63, 3.8) is 0 Å². The van der Waals surface area contributed by atoms with Crippen molar-refractivity contribution in [1.29, 1.82) is 0 Å². The number of benzene rings is 2. The molecule has 1 saturated heterocycles. The molecular formula is C25H17ClFN3O5S. The minimum absolute atomic E-state index is 0.112. The summed E-state index contributed by atoms with van der Waals surface area (Å²) in [6.45, 7) is 0. The quantitative estimate of drug-likeness (QED) is 0.219. The first-order valence-electron chi connectivity index (χ1n) is 10.5. The Morgan fingerprint density at radius 3 is 2.61 bits per heavy atom. The van der Waals surface area contributed by atoms with Gasteiger partial charge in [-0.1, -0.05) is 29.0 Å². The van der Waals surface area contributed by atoms with Crippen molar-refractivity contribution in [3.05, 3.63) is 82.4 Å². The molecule has 0 radical (unpaired) electrons. The predicted octanol–water partition coefficient (Wildman–Crippen LogP) is 5.13. The Balaban J connectivity index is 1.71.